The number of benzene rings is 2. The number of pyridine rings is 1. The average molecular weight is 487 g/mol. The quantitative estimate of drug-likeness (QED) is 0.374. The molecule has 0 amide bonds. The lowest BCUT2D eigenvalue weighted by Crippen LogP contribution is -2.18. The van der Waals surface area contributed by atoms with Crippen LogP contribution >= 0.6 is 0 Å². The largest absolute Gasteiger partial charge is 0.454 e. The van der Waals surface area contributed by atoms with Crippen molar-refractivity contribution in [3.8, 4) is 28.3 Å². The van der Waals surface area contributed by atoms with Gasteiger partial charge in [-0.25, -0.2) is 26.6 Å². The molecule has 34 heavy (non-hydrogen) atoms. The molecule has 0 bridgehead atoms. The maximum absolute atomic E-state index is 14.3. The topological polar surface area (TPSA) is 95.2 Å². The van der Waals surface area contributed by atoms with Gasteiger partial charge in [0.15, 0.2) is 11.6 Å². The lowest BCUT2D eigenvalue weighted by molar-refractivity contribution is 0.439. The van der Waals surface area contributed by atoms with Crippen LogP contribution in [0.4, 0.5) is 8.78 Å². The lowest BCUT2D eigenvalue weighted by Gasteiger charge is -2.17. The van der Waals surface area contributed by atoms with Gasteiger partial charge in [0.2, 0.25) is 10.9 Å². The van der Waals surface area contributed by atoms with Gasteiger partial charge in [-0.2, -0.15) is 5.10 Å². The average Bonchev–Trinajstić information content (AvgIpc) is 3.32. The van der Waals surface area contributed by atoms with Gasteiger partial charge < -0.3 is 9.30 Å². The summed E-state index contributed by atoms with van der Waals surface area (Å²) >= 11 is 0. The number of rotatable bonds is 8. The van der Waals surface area contributed by atoms with Gasteiger partial charge in [-0.15, -0.1) is 0 Å². The molecule has 0 aliphatic carbocycles. The first-order valence-corrected chi connectivity index (χ1v) is 11.3. The molecule has 4 rings (SSSR count). The summed E-state index contributed by atoms with van der Waals surface area (Å²) in [4.78, 5) is 12.4. The molecule has 0 aliphatic rings. The number of ether oxygens (including phenoxy) is 1. The predicted octanol–water partition coefficient (Wildman–Crippen LogP) is 2.97. The first-order chi connectivity index (χ1) is 16.3. The Labute approximate surface area is 195 Å². The SMILES string of the molecule is Cn1cc(-c2cc(CCN[SH](=O)=O)ccc2Oc2ccc(F)cc2F)c(-n2cccn2)cc1=O. The van der Waals surface area contributed by atoms with E-state index in [1.165, 1.54) is 21.4 Å². The molecule has 4 aromatic rings. The second-order valence-electron chi connectivity index (χ2n) is 7.39. The Bertz CT molecular complexity index is 1460. The summed E-state index contributed by atoms with van der Waals surface area (Å²) < 4.78 is 60.4. The van der Waals surface area contributed by atoms with Crippen LogP contribution in [0.2, 0.25) is 0 Å². The molecule has 176 valence electrons. The molecular weight excluding hydrogens is 466 g/mol. The molecule has 0 saturated carbocycles. The summed E-state index contributed by atoms with van der Waals surface area (Å²) in [5, 5.41) is 4.22. The number of hydrogen-bond acceptors (Lipinski definition) is 5. The van der Waals surface area contributed by atoms with Gasteiger partial charge in [0.25, 0.3) is 5.56 Å². The highest BCUT2D eigenvalue weighted by Crippen LogP contribution is 2.37. The zero-order valence-corrected chi connectivity index (χ0v) is 18.8. The van der Waals surface area contributed by atoms with Gasteiger partial charge in [-0.1, -0.05) is 6.07 Å². The van der Waals surface area contributed by atoms with Crippen molar-refractivity contribution in [3.05, 3.63) is 94.7 Å². The molecule has 1 N–H and O–H groups in total. The van der Waals surface area contributed by atoms with Crippen LogP contribution in [0, 0.1) is 11.6 Å². The molecule has 8 nitrogen and oxygen atoms in total. The van der Waals surface area contributed by atoms with Gasteiger partial charge >= 0.3 is 0 Å². The molecule has 2 aromatic heterocycles. The highest BCUT2D eigenvalue weighted by molar-refractivity contribution is 7.70. The van der Waals surface area contributed by atoms with E-state index in [9.17, 15) is 22.0 Å². The van der Waals surface area contributed by atoms with Crippen molar-refractivity contribution in [2.75, 3.05) is 6.54 Å². The molecule has 2 aromatic carbocycles. The molecule has 0 atom stereocenters. The second-order valence-corrected chi connectivity index (χ2v) is 8.23. The van der Waals surface area contributed by atoms with E-state index in [2.05, 4.69) is 9.82 Å². The minimum absolute atomic E-state index is 0.175. The lowest BCUT2D eigenvalue weighted by atomic mass is 10.00. The van der Waals surface area contributed by atoms with E-state index >= 15 is 0 Å². The zero-order chi connectivity index (χ0) is 24.2. The van der Waals surface area contributed by atoms with Gasteiger partial charge in [0.1, 0.15) is 11.6 Å². The summed E-state index contributed by atoms with van der Waals surface area (Å²) in [6.45, 7) is 0.185. The standard InChI is InChI=1S/C23H20F2N4O4S/c1-28-14-18(20(13-23(28)30)29-10-2-8-26-29)17-11-15(7-9-27-34(31)32)3-5-21(17)33-22-6-4-16(24)12-19(22)25/h2-6,8,10-14,34H,7,9H2,1H3,(H,27,31,32). The number of nitrogens with zero attached hydrogens (tertiary/aromatic N) is 3. The summed E-state index contributed by atoms with van der Waals surface area (Å²) in [6.07, 6.45) is 5.24. The Balaban J connectivity index is 1.86. The molecule has 0 radical (unpaired) electrons. The maximum Gasteiger partial charge on any atom is 0.252 e. The molecule has 0 spiro atoms. The fourth-order valence-electron chi connectivity index (χ4n) is 3.43. The van der Waals surface area contributed by atoms with Crippen molar-refractivity contribution in [1.29, 1.82) is 0 Å². The number of aryl methyl sites for hydroxylation is 1. The second kappa shape index (κ2) is 9.98. The number of nitrogens with one attached hydrogen (secondary N) is 1. The Morgan fingerprint density at radius 2 is 1.85 bits per heavy atom. The molecular formula is C23H20F2N4O4S. The molecule has 0 unspecified atom stereocenters. The van der Waals surface area contributed by atoms with Crippen LogP contribution in [0.5, 0.6) is 11.5 Å². The normalized spacial score (nSPS) is 11.2. The zero-order valence-electron chi connectivity index (χ0n) is 17.9. The summed E-state index contributed by atoms with van der Waals surface area (Å²) in [6, 6.07) is 11.2. The molecule has 0 saturated heterocycles. The first kappa shape index (κ1) is 23.3. The van der Waals surface area contributed by atoms with Crippen LogP contribution in [0.15, 0.2) is 71.9 Å². The summed E-state index contributed by atoms with van der Waals surface area (Å²) in [5.41, 5.74) is 2.05. The number of aromatic nitrogens is 3. The molecule has 0 fully saturated rings. The monoisotopic (exact) mass is 486 g/mol. The molecule has 0 aliphatic heterocycles. The van der Waals surface area contributed by atoms with Crippen molar-refractivity contribution in [3.63, 3.8) is 0 Å². The van der Waals surface area contributed by atoms with Gasteiger partial charge in [-0.05, 0) is 42.3 Å². The fraction of sp³-hybridized carbons (Fsp3) is 0.130. The summed E-state index contributed by atoms with van der Waals surface area (Å²) in [7, 11) is -1.13. The van der Waals surface area contributed by atoms with Gasteiger partial charge in [0, 0.05) is 55.4 Å². The third-order valence-corrected chi connectivity index (χ3v) is 5.54. The van der Waals surface area contributed by atoms with Gasteiger partial charge in [0.05, 0.1) is 5.69 Å². The predicted molar refractivity (Wildman–Crippen MR) is 123 cm³/mol. The van der Waals surface area contributed by atoms with Crippen molar-refractivity contribution >= 4 is 10.9 Å². The van der Waals surface area contributed by atoms with Crippen LogP contribution < -0.4 is 15.0 Å². The Hall–Kier alpha value is -3.83. The van der Waals surface area contributed by atoms with Crippen LogP contribution in [0.25, 0.3) is 16.8 Å². The van der Waals surface area contributed by atoms with Crippen molar-refractivity contribution in [2.24, 2.45) is 7.05 Å². The van der Waals surface area contributed by atoms with Crippen molar-refractivity contribution in [1.82, 2.24) is 19.1 Å². The minimum Gasteiger partial charge on any atom is -0.454 e. The van der Waals surface area contributed by atoms with Crippen LogP contribution in [0.3, 0.4) is 0 Å². The van der Waals surface area contributed by atoms with E-state index < -0.39 is 22.5 Å². The van der Waals surface area contributed by atoms with E-state index in [0.29, 0.717) is 23.2 Å². The maximum atomic E-state index is 14.3. The third kappa shape index (κ3) is 5.21. The number of halogens is 2. The number of thiol groups is 1. The fourth-order valence-corrected chi connectivity index (χ4v) is 3.72. The van der Waals surface area contributed by atoms with Crippen LogP contribution in [-0.4, -0.2) is 29.3 Å². The molecule has 2 heterocycles. The van der Waals surface area contributed by atoms with E-state index in [0.717, 1.165) is 17.7 Å². The van der Waals surface area contributed by atoms with Crippen LogP contribution in [0.1, 0.15) is 5.56 Å². The summed E-state index contributed by atoms with van der Waals surface area (Å²) in [5.74, 6) is -1.52. The van der Waals surface area contributed by atoms with E-state index in [4.69, 9.17) is 4.74 Å². The van der Waals surface area contributed by atoms with E-state index in [-0.39, 0.29) is 23.6 Å². The Morgan fingerprint density at radius 1 is 1.06 bits per heavy atom. The Kier molecular flexibility index (Phi) is 6.85. The first-order valence-electron chi connectivity index (χ1n) is 10.2. The highest BCUT2D eigenvalue weighted by Gasteiger charge is 2.17. The Morgan fingerprint density at radius 3 is 2.56 bits per heavy atom. The van der Waals surface area contributed by atoms with E-state index in [1.54, 1.807) is 49.9 Å². The van der Waals surface area contributed by atoms with Crippen LogP contribution in [-0.2, 0) is 24.4 Å². The third-order valence-electron chi connectivity index (χ3n) is 5.06. The number of hydrogen-bond donors (Lipinski definition) is 2. The molecule has 11 heteroatoms. The van der Waals surface area contributed by atoms with Crippen molar-refractivity contribution < 1.29 is 21.9 Å². The minimum atomic E-state index is -2.73. The van der Waals surface area contributed by atoms with Crippen molar-refractivity contribution in [2.45, 2.75) is 6.42 Å². The van der Waals surface area contributed by atoms with Gasteiger partial charge in [-0.3, -0.25) is 4.79 Å². The van der Waals surface area contributed by atoms with E-state index in [1.807, 2.05) is 0 Å². The smallest absolute Gasteiger partial charge is 0.252 e. The highest BCUT2D eigenvalue weighted by atomic mass is 32.2.